The van der Waals surface area contributed by atoms with E-state index in [-0.39, 0.29) is 11.9 Å². The van der Waals surface area contributed by atoms with Gasteiger partial charge in [-0.25, -0.2) is 4.98 Å². The molecule has 6 heteroatoms. The summed E-state index contributed by atoms with van der Waals surface area (Å²) in [6.07, 6.45) is 1.51. The van der Waals surface area contributed by atoms with E-state index in [0.717, 1.165) is 4.47 Å². The van der Waals surface area contributed by atoms with Gasteiger partial charge in [0.25, 0.3) is 5.91 Å². The van der Waals surface area contributed by atoms with E-state index >= 15 is 0 Å². The van der Waals surface area contributed by atoms with Gasteiger partial charge in [0.15, 0.2) is 0 Å². The highest BCUT2D eigenvalue weighted by molar-refractivity contribution is 9.10. The molecule has 1 atom stereocenters. The summed E-state index contributed by atoms with van der Waals surface area (Å²) in [5.41, 5.74) is 6.08. The van der Waals surface area contributed by atoms with E-state index in [0.29, 0.717) is 23.7 Å². The van der Waals surface area contributed by atoms with E-state index in [1.54, 1.807) is 24.1 Å². The lowest BCUT2D eigenvalue weighted by Gasteiger charge is -2.23. The number of likely N-dealkylation sites (N-methyl/N-ethyl adjacent to an activating group) is 1. The number of hydrogen-bond acceptors (Lipinski definition) is 4. The first-order valence-corrected chi connectivity index (χ1v) is 7.67. The fourth-order valence-electron chi connectivity index (χ4n) is 1.75. The highest BCUT2D eigenvalue weighted by Gasteiger charge is 2.16. The van der Waals surface area contributed by atoms with Gasteiger partial charge in [-0.3, -0.25) is 4.79 Å². The Hall–Kier alpha value is -1.92. The number of carbonyl (C=O) groups excluding carboxylic acids is 1. The molecular weight excluding hydrogens is 346 g/mol. The Balaban J connectivity index is 2.06. The van der Waals surface area contributed by atoms with Crippen molar-refractivity contribution in [2.75, 3.05) is 13.6 Å². The van der Waals surface area contributed by atoms with Crippen LogP contribution in [0.4, 0.5) is 0 Å². The molecule has 0 aliphatic rings. The number of nitrogens with two attached hydrogens (primary N) is 1. The molecule has 0 bridgehead atoms. The van der Waals surface area contributed by atoms with Crippen LogP contribution in [0.25, 0.3) is 0 Å². The second-order valence-electron chi connectivity index (χ2n) is 4.94. The molecule has 0 radical (unpaired) electrons. The maximum atomic E-state index is 12.2. The molecule has 116 valence electrons. The number of benzene rings is 1. The van der Waals surface area contributed by atoms with E-state index in [2.05, 4.69) is 20.9 Å². The number of rotatable bonds is 5. The summed E-state index contributed by atoms with van der Waals surface area (Å²) >= 11 is 3.37. The summed E-state index contributed by atoms with van der Waals surface area (Å²) in [6.45, 7) is 2.32. The lowest BCUT2D eigenvalue weighted by molar-refractivity contribution is 0.0748. The van der Waals surface area contributed by atoms with Crippen molar-refractivity contribution in [2.24, 2.45) is 5.73 Å². The molecule has 1 amide bonds. The average Bonchev–Trinajstić information content (AvgIpc) is 2.55. The third kappa shape index (κ3) is 4.05. The minimum atomic E-state index is -0.111. The minimum Gasteiger partial charge on any atom is -0.439 e. The highest BCUT2D eigenvalue weighted by atomic mass is 79.9. The Kier molecular flexibility index (Phi) is 5.51. The number of halogens is 1. The van der Waals surface area contributed by atoms with Crippen molar-refractivity contribution in [3.8, 4) is 11.6 Å². The van der Waals surface area contributed by atoms with Gasteiger partial charge in [0.2, 0.25) is 5.88 Å². The van der Waals surface area contributed by atoms with Gasteiger partial charge in [-0.15, -0.1) is 0 Å². The Labute approximate surface area is 138 Å². The first-order chi connectivity index (χ1) is 10.5. The summed E-state index contributed by atoms with van der Waals surface area (Å²) in [7, 11) is 1.73. The Morgan fingerprint density at radius 3 is 2.55 bits per heavy atom. The van der Waals surface area contributed by atoms with Crippen LogP contribution in [-0.2, 0) is 0 Å². The number of pyridine rings is 1. The number of amides is 1. The Morgan fingerprint density at radius 1 is 1.32 bits per heavy atom. The fraction of sp³-hybridized carbons (Fsp3) is 0.250. The van der Waals surface area contributed by atoms with E-state index in [1.165, 1.54) is 6.20 Å². The van der Waals surface area contributed by atoms with Crippen molar-refractivity contribution in [2.45, 2.75) is 13.0 Å². The van der Waals surface area contributed by atoms with Crippen LogP contribution in [0.5, 0.6) is 11.6 Å². The van der Waals surface area contributed by atoms with Gasteiger partial charge in [0.1, 0.15) is 5.75 Å². The van der Waals surface area contributed by atoms with E-state index in [1.807, 2.05) is 31.2 Å². The minimum absolute atomic E-state index is 0.0220. The summed E-state index contributed by atoms with van der Waals surface area (Å²) < 4.78 is 6.60. The zero-order valence-corrected chi connectivity index (χ0v) is 14.1. The number of hydrogen-bond donors (Lipinski definition) is 1. The Bertz CT molecular complexity index is 629. The molecule has 0 fully saturated rings. The van der Waals surface area contributed by atoms with Crippen molar-refractivity contribution in [3.63, 3.8) is 0 Å². The van der Waals surface area contributed by atoms with Crippen LogP contribution in [-0.4, -0.2) is 35.4 Å². The molecular formula is C16H18BrN3O2. The molecule has 22 heavy (non-hydrogen) atoms. The van der Waals surface area contributed by atoms with Crippen LogP contribution in [0.15, 0.2) is 47.1 Å². The lowest BCUT2D eigenvalue weighted by atomic mass is 10.2. The number of nitrogens with zero attached hydrogens (tertiary/aromatic N) is 2. The van der Waals surface area contributed by atoms with Crippen LogP contribution in [0.1, 0.15) is 17.3 Å². The molecule has 1 aromatic carbocycles. The molecule has 2 rings (SSSR count). The summed E-state index contributed by atoms with van der Waals surface area (Å²) in [6, 6.07) is 10.8. The van der Waals surface area contributed by atoms with Crippen LogP contribution in [0, 0.1) is 0 Å². The molecule has 0 aliphatic heterocycles. The van der Waals surface area contributed by atoms with Crippen molar-refractivity contribution in [1.82, 2.24) is 9.88 Å². The van der Waals surface area contributed by atoms with Gasteiger partial charge < -0.3 is 15.4 Å². The zero-order chi connectivity index (χ0) is 16.1. The topological polar surface area (TPSA) is 68.5 Å². The summed E-state index contributed by atoms with van der Waals surface area (Å²) in [5.74, 6) is 1.01. The molecule has 2 aromatic rings. The van der Waals surface area contributed by atoms with Crippen LogP contribution < -0.4 is 10.5 Å². The monoisotopic (exact) mass is 363 g/mol. The molecule has 1 unspecified atom stereocenters. The third-order valence-corrected chi connectivity index (χ3v) is 3.87. The van der Waals surface area contributed by atoms with E-state index in [4.69, 9.17) is 10.5 Å². The van der Waals surface area contributed by atoms with E-state index in [9.17, 15) is 4.79 Å². The largest absolute Gasteiger partial charge is 0.439 e. The second kappa shape index (κ2) is 7.38. The predicted molar refractivity (Wildman–Crippen MR) is 89.1 cm³/mol. The maximum absolute atomic E-state index is 12.2. The summed E-state index contributed by atoms with van der Waals surface area (Å²) in [4.78, 5) is 18.0. The number of aromatic nitrogens is 1. The molecule has 0 saturated carbocycles. The van der Waals surface area contributed by atoms with Crippen molar-refractivity contribution in [3.05, 3.63) is 52.6 Å². The average molecular weight is 364 g/mol. The molecule has 2 N–H and O–H groups in total. The molecule has 0 saturated heterocycles. The standard InChI is InChI=1S/C16H18BrN3O2/c1-11(9-18)20(2)16(21)12-3-8-15(19-10-12)22-14-6-4-13(17)5-7-14/h3-8,10-11H,9,18H2,1-2H3. The first kappa shape index (κ1) is 16.5. The quantitative estimate of drug-likeness (QED) is 0.886. The zero-order valence-electron chi connectivity index (χ0n) is 12.5. The van der Waals surface area contributed by atoms with Gasteiger partial charge in [0, 0.05) is 36.4 Å². The fourth-order valence-corrected chi connectivity index (χ4v) is 2.02. The Morgan fingerprint density at radius 2 is 2.00 bits per heavy atom. The molecule has 5 nitrogen and oxygen atoms in total. The smallest absolute Gasteiger partial charge is 0.255 e. The van der Waals surface area contributed by atoms with Crippen LogP contribution >= 0.6 is 15.9 Å². The second-order valence-corrected chi connectivity index (χ2v) is 5.86. The van der Waals surface area contributed by atoms with Gasteiger partial charge >= 0.3 is 0 Å². The van der Waals surface area contributed by atoms with Crippen molar-refractivity contribution >= 4 is 21.8 Å². The van der Waals surface area contributed by atoms with Crippen LogP contribution in [0.3, 0.4) is 0 Å². The molecule has 1 heterocycles. The molecule has 1 aromatic heterocycles. The predicted octanol–water partition coefficient (Wildman–Crippen LogP) is 3.06. The van der Waals surface area contributed by atoms with Gasteiger partial charge in [-0.05, 0) is 37.3 Å². The molecule has 0 spiro atoms. The van der Waals surface area contributed by atoms with Crippen LogP contribution in [0.2, 0.25) is 0 Å². The molecule has 0 aliphatic carbocycles. The van der Waals surface area contributed by atoms with E-state index < -0.39 is 0 Å². The number of carbonyl (C=O) groups is 1. The first-order valence-electron chi connectivity index (χ1n) is 6.88. The highest BCUT2D eigenvalue weighted by Crippen LogP contribution is 2.22. The SMILES string of the molecule is CC(CN)N(C)C(=O)c1ccc(Oc2ccc(Br)cc2)nc1. The maximum Gasteiger partial charge on any atom is 0.255 e. The van der Waals surface area contributed by atoms with Gasteiger partial charge in [0.05, 0.1) is 5.56 Å². The summed E-state index contributed by atoms with van der Waals surface area (Å²) in [5, 5.41) is 0. The third-order valence-electron chi connectivity index (χ3n) is 3.34. The van der Waals surface area contributed by atoms with Gasteiger partial charge in [-0.2, -0.15) is 0 Å². The van der Waals surface area contributed by atoms with Gasteiger partial charge in [-0.1, -0.05) is 15.9 Å². The van der Waals surface area contributed by atoms with Crippen molar-refractivity contribution in [1.29, 1.82) is 0 Å². The number of ether oxygens (including phenoxy) is 1. The lowest BCUT2D eigenvalue weighted by Crippen LogP contribution is -2.39. The normalized spacial score (nSPS) is 11.8. The van der Waals surface area contributed by atoms with Crippen molar-refractivity contribution < 1.29 is 9.53 Å².